The van der Waals surface area contributed by atoms with E-state index in [-0.39, 0.29) is 18.3 Å². The molecule has 6 nitrogen and oxygen atoms in total. The van der Waals surface area contributed by atoms with Gasteiger partial charge in [0.05, 0.1) is 6.61 Å². The number of benzene rings is 3. The monoisotopic (exact) mass is 720 g/mol. The van der Waals surface area contributed by atoms with Gasteiger partial charge in [0.1, 0.15) is 17.1 Å². The summed E-state index contributed by atoms with van der Waals surface area (Å²) in [6, 6.07) is 20.4. The van der Waals surface area contributed by atoms with Gasteiger partial charge in [-0.3, -0.25) is 4.52 Å². The highest BCUT2D eigenvalue weighted by molar-refractivity contribution is 7.46. The molecule has 2 unspecified atom stereocenters. The van der Waals surface area contributed by atoms with Crippen LogP contribution in [0.4, 0.5) is 0 Å². The van der Waals surface area contributed by atoms with Crippen LogP contribution in [-0.4, -0.2) is 27.1 Å². The lowest BCUT2D eigenvalue weighted by Gasteiger charge is -2.57. The van der Waals surface area contributed by atoms with Crippen molar-refractivity contribution in [3.8, 4) is 11.5 Å². The molecule has 0 spiro atoms. The maximum Gasteiger partial charge on any atom is 0.469 e. The van der Waals surface area contributed by atoms with Crippen molar-refractivity contribution in [2.24, 2.45) is 23.2 Å². The molecule has 1 aliphatic rings. The van der Waals surface area contributed by atoms with E-state index >= 15 is 0 Å². The van der Waals surface area contributed by atoms with Gasteiger partial charge in [0.15, 0.2) is 0 Å². The van der Waals surface area contributed by atoms with Crippen molar-refractivity contribution in [1.29, 1.82) is 0 Å². The van der Waals surface area contributed by atoms with Crippen LogP contribution in [0.15, 0.2) is 60.7 Å². The van der Waals surface area contributed by atoms with Crippen molar-refractivity contribution in [2.45, 2.75) is 138 Å². The van der Waals surface area contributed by atoms with E-state index in [0.29, 0.717) is 25.2 Å². The Morgan fingerprint density at radius 2 is 1.29 bits per heavy atom. The van der Waals surface area contributed by atoms with Crippen molar-refractivity contribution in [3.63, 3.8) is 0 Å². The van der Waals surface area contributed by atoms with Gasteiger partial charge in [-0.1, -0.05) is 133 Å². The minimum Gasteiger partial charge on any atom is -0.507 e. The SMILES string of the molecule is Cc1c(C)c2c(c(C)c1O)C(Cc1ccccc1)C(COP(=O)(O)O)(Cc1ccccc1)[C@](C)(CCC[C@H](C)CCC[C@@H](C)CCCC(C)C)O2. The van der Waals surface area contributed by atoms with E-state index in [1.807, 2.05) is 57.2 Å². The summed E-state index contributed by atoms with van der Waals surface area (Å²) >= 11 is 0. The van der Waals surface area contributed by atoms with Gasteiger partial charge >= 0.3 is 7.82 Å². The summed E-state index contributed by atoms with van der Waals surface area (Å²) in [7, 11) is -4.85. The Morgan fingerprint density at radius 1 is 0.765 bits per heavy atom. The molecule has 282 valence electrons. The molecule has 3 aromatic rings. The van der Waals surface area contributed by atoms with E-state index < -0.39 is 18.8 Å². The second-order valence-electron chi connectivity index (χ2n) is 16.5. The van der Waals surface area contributed by atoms with Crippen LogP contribution in [0.25, 0.3) is 0 Å². The smallest absolute Gasteiger partial charge is 0.469 e. The average molecular weight is 721 g/mol. The van der Waals surface area contributed by atoms with Crippen LogP contribution in [0.3, 0.4) is 0 Å². The van der Waals surface area contributed by atoms with E-state index in [9.17, 15) is 19.5 Å². The summed E-state index contributed by atoms with van der Waals surface area (Å²) in [6.45, 7) is 17.2. The van der Waals surface area contributed by atoms with Crippen LogP contribution in [0, 0.1) is 43.9 Å². The minimum absolute atomic E-state index is 0.197. The third-order valence-corrected chi connectivity index (χ3v) is 12.5. The maximum atomic E-state index is 12.5. The molecule has 0 radical (unpaired) electrons. The Hall–Kier alpha value is -2.63. The molecule has 4 rings (SSSR count). The zero-order valence-electron chi connectivity index (χ0n) is 32.6. The number of phosphoric acid groups is 1. The molecule has 1 heterocycles. The van der Waals surface area contributed by atoms with Gasteiger partial charge in [-0.2, -0.15) is 0 Å². The van der Waals surface area contributed by atoms with Crippen LogP contribution in [0.1, 0.15) is 132 Å². The number of phosphoric ester groups is 1. The maximum absolute atomic E-state index is 12.5. The predicted octanol–water partition coefficient (Wildman–Crippen LogP) is 11.6. The van der Waals surface area contributed by atoms with Crippen LogP contribution in [0.2, 0.25) is 0 Å². The third kappa shape index (κ3) is 10.5. The standard InChI is InChI=1S/C44H65O6P/c1-31(2)18-15-19-32(3)20-16-21-33(4)22-17-27-43(8)44(30-49-51(46,47)48,29-38-25-13-10-14-26-38)39(28-37-23-11-9-12-24-37)40-36(7)41(45)34(5)35(6)42(40)50-43/h9-14,23-26,31-33,39,45H,15-22,27-30H2,1-8H3,(H2,46,47,48)/t32-,33+,39?,43-,44?/m0/s1. The normalized spacial score (nSPS) is 21.7. The molecular weight excluding hydrogens is 655 g/mol. The van der Waals surface area contributed by atoms with Gasteiger partial charge < -0.3 is 19.6 Å². The lowest BCUT2D eigenvalue weighted by molar-refractivity contribution is -0.115. The van der Waals surface area contributed by atoms with Gasteiger partial charge in [-0.25, -0.2) is 4.57 Å². The highest BCUT2D eigenvalue weighted by Gasteiger charge is 2.60. The highest BCUT2D eigenvalue weighted by Crippen LogP contribution is 2.61. The first-order chi connectivity index (χ1) is 24.1. The molecule has 0 aliphatic carbocycles. The molecule has 3 N–H and O–H groups in total. The molecule has 0 saturated heterocycles. The largest absolute Gasteiger partial charge is 0.507 e. The Morgan fingerprint density at radius 3 is 1.84 bits per heavy atom. The minimum atomic E-state index is -4.85. The molecule has 0 fully saturated rings. The lowest BCUT2D eigenvalue weighted by Crippen LogP contribution is -2.60. The number of phenolic OH excluding ortho intramolecular Hbond substituents is 1. The summed E-state index contributed by atoms with van der Waals surface area (Å²) in [5.74, 6) is 2.84. The Kier molecular flexibility index (Phi) is 14.5. The number of rotatable bonds is 19. The Labute approximate surface area is 308 Å². The van der Waals surface area contributed by atoms with Crippen LogP contribution >= 0.6 is 7.82 Å². The molecule has 0 amide bonds. The van der Waals surface area contributed by atoms with Gasteiger partial charge in [0, 0.05) is 16.9 Å². The highest BCUT2D eigenvalue weighted by atomic mass is 31.2. The summed E-state index contributed by atoms with van der Waals surface area (Å²) in [6.07, 6.45) is 11.4. The summed E-state index contributed by atoms with van der Waals surface area (Å²) in [4.78, 5) is 20.4. The van der Waals surface area contributed by atoms with Gasteiger partial charge in [-0.15, -0.1) is 0 Å². The van der Waals surface area contributed by atoms with Gasteiger partial charge in [-0.05, 0) is 98.9 Å². The first-order valence-electron chi connectivity index (χ1n) is 19.4. The fraction of sp³-hybridized carbons (Fsp3) is 0.591. The van der Waals surface area contributed by atoms with E-state index in [4.69, 9.17) is 9.26 Å². The molecule has 1 aliphatic heterocycles. The number of fused-ring (bicyclic) bond motifs is 1. The topological polar surface area (TPSA) is 96.2 Å². The number of hydrogen-bond donors (Lipinski definition) is 3. The van der Waals surface area contributed by atoms with E-state index in [1.165, 1.54) is 38.5 Å². The molecular formula is C44H65O6P. The molecule has 0 saturated carbocycles. The molecule has 5 atom stereocenters. The average Bonchev–Trinajstić information content (AvgIpc) is 3.07. The first kappa shape index (κ1) is 41.1. The summed E-state index contributed by atoms with van der Waals surface area (Å²) in [5.41, 5.74) is 3.75. The van der Waals surface area contributed by atoms with Crippen molar-refractivity contribution < 1.29 is 28.7 Å². The number of aromatic hydroxyl groups is 1. The van der Waals surface area contributed by atoms with Gasteiger partial charge in [0.2, 0.25) is 0 Å². The van der Waals surface area contributed by atoms with E-state index in [1.54, 1.807) is 0 Å². The third-order valence-electron chi connectivity index (χ3n) is 12.0. The number of hydrogen-bond acceptors (Lipinski definition) is 4. The fourth-order valence-corrected chi connectivity index (χ4v) is 9.04. The molecule has 7 heteroatoms. The van der Waals surface area contributed by atoms with Crippen LogP contribution in [0.5, 0.6) is 11.5 Å². The second-order valence-corrected chi connectivity index (χ2v) is 17.7. The molecule has 51 heavy (non-hydrogen) atoms. The van der Waals surface area contributed by atoms with E-state index in [0.717, 1.165) is 63.8 Å². The Bertz CT molecular complexity index is 1580. The molecule has 0 bridgehead atoms. The summed E-state index contributed by atoms with van der Waals surface area (Å²) in [5, 5.41) is 11.4. The number of ether oxygens (including phenoxy) is 1. The van der Waals surface area contributed by atoms with Crippen LogP contribution in [-0.2, 0) is 21.9 Å². The fourth-order valence-electron chi connectivity index (χ4n) is 8.64. The lowest BCUT2D eigenvalue weighted by atomic mass is 9.55. The van der Waals surface area contributed by atoms with Crippen molar-refractivity contribution in [3.05, 3.63) is 94.0 Å². The van der Waals surface area contributed by atoms with E-state index in [2.05, 4.69) is 58.9 Å². The zero-order chi connectivity index (χ0) is 37.4. The Balaban J connectivity index is 1.73. The van der Waals surface area contributed by atoms with Gasteiger partial charge in [0.25, 0.3) is 0 Å². The van der Waals surface area contributed by atoms with Crippen molar-refractivity contribution in [2.75, 3.05) is 6.61 Å². The number of phenols is 1. The zero-order valence-corrected chi connectivity index (χ0v) is 33.5. The van der Waals surface area contributed by atoms with Crippen LogP contribution < -0.4 is 4.74 Å². The predicted molar refractivity (Wildman–Crippen MR) is 210 cm³/mol. The molecule has 0 aromatic heterocycles. The first-order valence-corrected chi connectivity index (χ1v) is 20.9. The van der Waals surface area contributed by atoms with Crippen molar-refractivity contribution in [1.82, 2.24) is 0 Å². The quantitative estimate of drug-likeness (QED) is 0.107. The molecule has 3 aromatic carbocycles. The summed E-state index contributed by atoms with van der Waals surface area (Å²) < 4.78 is 25.4. The second kappa shape index (κ2) is 17.9. The van der Waals surface area contributed by atoms with Crippen molar-refractivity contribution >= 4 is 7.82 Å².